The van der Waals surface area contributed by atoms with Crippen molar-refractivity contribution in [3.8, 4) is 0 Å². The molecule has 1 aromatic carbocycles. The highest BCUT2D eigenvalue weighted by Gasteiger charge is 2.26. The zero-order valence-electron chi connectivity index (χ0n) is 9.13. The van der Waals surface area contributed by atoms with E-state index in [0.717, 1.165) is 23.4 Å². The lowest BCUT2D eigenvalue weighted by atomic mass is 10.1. The molecule has 0 aromatic heterocycles. The van der Waals surface area contributed by atoms with Crippen LogP contribution in [0.5, 0.6) is 0 Å². The maximum atomic E-state index is 9.04. The van der Waals surface area contributed by atoms with E-state index >= 15 is 0 Å². The van der Waals surface area contributed by atoms with Gasteiger partial charge in [-0.1, -0.05) is 23.2 Å². The van der Waals surface area contributed by atoms with Gasteiger partial charge in [-0.3, -0.25) is 0 Å². The molecule has 0 heterocycles. The first-order valence-electron chi connectivity index (χ1n) is 5.46. The molecule has 88 valence electrons. The van der Waals surface area contributed by atoms with Crippen molar-refractivity contribution in [2.45, 2.75) is 31.8 Å². The molecule has 0 spiro atoms. The number of halogens is 2. The number of nitrogens with one attached hydrogen (secondary N) is 1. The number of hydrogen-bond acceptors (Lipinski definition) is 2. The summed E-state index contributed by atoms with van der Waals surface area (Å²) < 4.78 is 0. The fourth-order valence-corrected chi connectivity index (χ4v) is 2.91. The summed E-state index contributed by atoms with van der Waals surface area (Å²) in [6.45, 7) is 2.10. The third kappa shape index (κ3) is 2.35. The van der Waals surface area contributed by atoms with E-state index in [-0.39, 0.29) is 18.7 Å². The van der Waals surface area contributed by atoms with Gasteiger partial charge in [0, 0.05) is 22.1 Å². The van der Waals surface area contributed by atoms with Gasteiger partial charge in [-0.05, 0) is 43.0 Å². The molecule has 0 bridgehead atoms. The highest BCUT2D eigenvalue weighted by molar-refractivity contribution is 6.35. The molecule has 0 saturated heterocycles. The fourth-order valence-electron chi connectivity index (χ4n) is 2.24. The Morgan fingerprint density at radius 2 is 2.25 bits per heavy atom. The van der Waals surface area contributed by atoms with Crippen LogP contribution < -0.4 is 5.32 Å². The first-order valence-corrected chi connectivity index (χ1v) is 6.22. The second-order valence-electron chi connectivity index (χ2n) is 4.30. The molecule has 0 saturated carbocycles. The minimum atomic E-state index is 0.0858. The lowest BCUT2D eigenvalue weighted by Gasteiger charge is -2.19. The number of benzene rings is 1. The summed E-state index contributed by atoms with van der Waals surface area (Å²) >= 11 is 12.2. The molecule has 1 aliphatic rings. The van der Waals surface area contributed by atoms with Gasteiger partial charge in [-0.2, -0.15) is 0 Å². The molecule has 2 N–H and O–H groups in total. The highest BCUT2D eigenvalue weighted by atomic mass is 35.5. The molecule has 2 rings (SSSR count). The van der Waals surface area contributed by atoms with Crippen molar-refractivity contribution in [1.82, 2.24) is 5.32 Å². The Hall–Kier alpha value is -0.280. The summed E-state index contributed by atoms with van der Waals surface area (Å²) in [5.41, 5.74) is 2.37. The van der Waals surface area contributed by atoms with Crippen molar-refractivity contribution in [3.63, 3.8) is 0 Å². The van der Waals surface area contributed by atoms with Crippen molar-refractivity contribution in [3.05, 3.63) is 33.3 Å². The lowest BCUT2D eigenvalue weighted by Crippen LogP contribution is -2.32. The van der Waals surface area contributed by atoms with Crippen molar-refractivity contribution in [2.24, 2.45) is 0 Å². The predicted octanol–water partition coefficient (Wildman–Crippen LogP) is 2.95. The number of fused-ring (bicyclic) bond motifs is 1. The smallest absolute Gasteiger partial charge is 0.0582 e. The normalized spacial score (nSPS) is 20.9. The molecule has 16 heavy (non-hydrogen) atoms. The summed E-state index contributed by atoms with van der Waals surface area (Å²) in [5.74, 6) is 0. The maximum absolute atomic E-state index is 9.04. The number of aliphatic hydroxyl groups excluding tert-OH is 1. The van der Waals surface area contributed by atoms with E-state index in [9.17, 15) is 0 Å². The molecule has 2 nitrogen and oxygen atoms in total. The van der Waals surface area contributed by atoms with Gasteiger partial charge < -0.3 is 10.4 Å². The number of hydrogen-bond donors (Lipinski definition) is 2. The third-order valence-corrected chi connectivity index (χ3v) is 3.52. The van der Waals surface area contributed by atoms with Crippen LogP contribution in [0.1, 0.15) is 30.5 Å². The molecule has 1 unspecified atom stereocenters. The van der Waals surface area contributed by atoms with E-state index < -0.39 is 0 Å². The van der Waals surface area contributed by atoms with Crippen LogP contribution >= 0.6 is 23.2 Å². The minimum Gasteiger partial charge on any atom is -0.395 e. The molecular weight excluding hydrogens is 245 g/mol. The summed E-state index contributed by atoms with van der Waals surface area (Å²) in [6, 6.07) is 4.09. The van der Waals surface area contributed by atoms with Crippen LogP contribution in [-0.4, -0.2) is 17.8 Å². The largest absolute Gasteiger partial charge is 0.395 e. The molecule has 0 fully saturated rings. The zero-order valence-corrected chi connectivity index (χ0v) is 10.6. The summed E-state index contributed by atoms with van der Waals surface area (Å²) in [6.07, 6.45) is 2.01. The highest BCUT2D eigenvalue weighted by Crippen LogP contribution is 2.38. The molecule has 0 amide bonds. The third-order valence-electron chi connectivity index (χ3n) is 2.99. The van der Waals surface area contributed by atoms with E-state index in [4.69, 9.17) is 28.3 Å². The average molecular weight is 260 g/mol. The molecule has 0 radical (unpaired) electrons. The second-order valence-corrected chi connectivity index (χ2v) is 5.15. The van der Waals surface area contributed by atoms with Crippen LogP contribution in [0.15, 0.2) is 12.1 Å². The Morgan fingerprint density at radius 1 is 1.50 bits per heavy atom. The molecule has 1 aliphatic carbocycles. The van der Waals surface area contributed by atoms with Crippen LogP contribution in [0.2, 0.25) is 10.0 Å². The Labute approximate surface area is 106 Å². The zero-order chi connectivity index (χ0) is 11.7. The number of aliphatic hydroxyl groups is 1. The summed E-state index contributed by atoms with van der Waals surface area (Å²) in [4.78, 5) is 0. The van der Waals surface area contributed by atoms with Gasteiger partial charge in [0.25, 0.3) is 0 Å². The molecule has 1 aromatic rings. The van der Waals surface area contributed by atoms with E-state index in [0.29, 0.717) is 5.02 Å². The van der Waals surface area contributed by atoms with Gasteiger partial charge in [0.2, 0.25) is 0 Å². The summed E-state index contributed by atoms with van der Waals surface area (Å²) in [5, 5.41) is 13.8. The van der Waals surface area contributed by atoms with Crippen LogP contribution in [0.3, 0.4) is 0 Å². The van der Waals surface area contributed by atoms with Gasteiger partial charge in [0.1, 0.15) is 0 Å². The number of rotatable bonds is 3. The Morgan fingerprint density at radius 3 is 2.94 bits per heavy atom. The van der Waals surface area contributed by atoms with Crippen LogP contribution in [-0.2, 0) is 6.42 Å². The maximum Gasteiger partial charge on any atom is 0.0582 e. The fraction of sp³-hybridized carbons (Fsp3) is 0.500. The first kappa shape index (κ1) is 12.2. The lowest BCUT2D eigenvalue weighted by molar-refractivity contribution is 0.240. The monoisotopic (exact) mass is 259 g/mol. The van der Waals surface area contributed by atoms with Crippen molar-refractivity contribution in [1.29, 1.82) is 0 Å². The van der Waals surface area contributed by atoms with E-state index in [1.807, 2.05) is 13.0 Å². The first-order chi connectivity index (χ1) is 7.61. The molecular formula is C12H15Cl2NO. The van der Waals surface area contributed by atoms with Crippen LogP contribution in [0.25, 0.3) is 0 Å². The number of aryl methyl sites for hydroxylation is 1. The van der Waals surface area contributed by atoms with Gasteiger partial charge in [0.05, 0.1) is 6.61 Å². The quantitative estimate of drug-likeness (QED) is 0.875. The van der Waals surface area contributed by atoms with E-state index in [2.05, 4.69) is 5.32 Å². The van der Waals surface area contributed by atoms with E-state index in [1.165, 1.54) is 5.56 Å². The van der Waals surface area contributed by atoms with Crippen LogP contribution in [0, 0.1) is 0 Å². The standard InChI is InChI=1S/C12H15Cl2NO/c1-7(6-16)15-11-3-2-8-4-9(13)5-10(14)12(8)11/h4-5,7,11,15-16H,2-3,6H2,1H3/t7-,11?/m0/s1. The topological polar surface area (TPSA) is 32.3 Å². The van der Waals surface area contributed by atoms with Gasteiger partial charge in [-0.25, -0.2) is 0 Å². The van der Waals surface area contributed by atoms with Gasteiger partial charge in [0.15, 0.2) is 0 Å². The minimum absolute atomic E-state index is 0.0858. The Bertz CT molecular complexity index is 395. The van der Waals surface area contributed by atoms with Gasteiger partial charge >= 0.3 is 0 Å². The summed E-state index contributed by atoms with van der Waals surface area (Å²) in [7, 11) is 0. The van der Waals surface area contributed by atoms with Crippen molar-refractivity contribution < 1.29 is 5.11 Å². The van der Waals surface area contributed by atoms with Crippen LogP contribution in [0.4, 0.5) is 0 Å². The Kier molecular flexibility index (Phi) is 3.75. The average Bonchev–Trinajstić information content (AvgIpc) is 2.61. The van der Waals surface area contributed by atoms with Crippen molar-refractivity contribution >= 4 is 23.2 Å². The SMILES string of the molecule is C[C@@H](CO)NC1CCc2cc(Cl)cc(Cl)c21. The van der Waals surface area contributed by atoms with Crippen molar-refractivity contribution in [2.75, 3.05) is 6.61 Å². The predicted molar refractivity (Wildman–Crippen MR) is 67.2 cm³/mol. The molecule has 4 heteroatoms. The van der Waals surface area contributed by atoms with Gasteiger partial charge in [-0.15, -0.1) is 0 Å². The Balaban J connectivity index is 2.25. The van der Waals surface area contributed by atoms with E-state index in [1.54, 1.807) is 6.07 Å². The molecule has 0 aliphatic heterocycles. The molecule has 2 atom stereocenters. The second kappa shape index (κ2) is 4.92.